The van der Waals surface area contributed by atoms with Crippen LogP contribution >= 0.6 is 11.8 Å². The van der Waals surface area contributed by atoms with E-state index in [-0.39, 0.29) is 11.6 Å². The molecule has 2 N–H and O–H groups in total. The fraction of sp³-hybridized carbons (Fsp3) is 0.160. The van der Waals surface area contributed by atoms with E-state index in [1.165, 1.54) is 11.8 Å². The molecule has 4 rings (SSSR count). The van der Waals surface area contributed by atoms with Gasteiger partial charge in [-0.05, 0) is 30.5 Å². The summed E-state index contributed by atoms with van der Waals surface area (Å²) in [5, 5.41) is 9.73. The highest BCUT2D eigenvalue weighted by Gasteiger charge is 2.20. The number of carbonyl (C=O) groups excluding carboxylic acids is 1. The van der Waals surface area contributed by atoms with Crippen molar-refractivity contribution in [1.82, 2.24) is 14.8 Å². The Morgan fingerprint density at radius 1 is 1.00 bits per heavy atom. The molecule has 0 aliphatic carbocycles. The highest BCUT2D eigenvalue weighted by Crippen LogP contribution is 2.29. The Balaban J connectivity index is 1.45. The number of nitrogens with zero attached hydrogens (tertiary/aromatic N) is 2. The summed E-state index contributed by atoms with van der Waals surface area (Å²) in [6.07, 6.45) is 0.707. The maximum absolute atomic E-state index is 12.9. The van der Waals surface area contributed by atoms with Crippen molar-refractivity contribution in [3.63, 3.8) is 0 Å². The van der Waals surface area contributed by atoms with Crippen LogP contribution in [0.2, 0.25) is 0 Å². The Morgan fingerprint density at radius 3 is 2.41 bits per heavy atom. The first-order chi connectivity index (χ1) is 15.6. The minimum atomic E-state index is -0.440. The Labute approximate surface area is 190 Å². The molecule has 0 saturated heterocycles. The van der Waals surface area contributed by atoms with E-state index in [2.05, 4.69) is 15.5 Å². The standard InChI is InChI=1S/C25H24N4O2S/c1-18(23(30)26-22-15-9-8-14-21(22)20-12-6-3-7-13-20)32-25-28-27-24(31)29(25)17-16-19-10-4-2-5-11-19/h2-15,18H,16-17H2,1H3,(H,26,30)(H,27,31). The van der Waals surface area contributed by atoms with Crippen LogP contribution in [0.5, 0.6) is 0 Å². The molecule has 0 fully saturated rings. The first-order valence-electron chi connectivity index (χ1n) is 10.4. The topological polar surface area (TPSA) is 79.8 Å². The first-order valence-corrected chi connectivity index (χ1v) is 11.3. The molecule has 1 amide bonds. The molecular formula is C25H24N4O2S. The number of H-pyrrole nitrogens is 1. The Bertz CT molecular complexity index is 1240. The predicted octanol–water partition coefficient (Wildman–Crippen LogP) is 4.60. The number of amides is 1. The molecule has 1 atom stereocenters. The minimum Gasteiger partial charge on any atom is -0.325 e. The summed E-state index contributed by atoms with van der Waals surface area (Å²) in [6.45, 7) is 2.30. The lowest BCUT2D eigenvalue weighted by Crippen LogP contribution is -2.24. The van der Waals surface area contributed by atoms with E-state index in [1.807, 2.05) is 91.9 Å². The number of aryl methyl sites for hydroxylation is 1. The predicted molar refractivity (Wildman–Crippen MR) is 129 cm³/mol. The molecule has 0 aliphatic rings. The SMILES string of the molecule is CC(Sc1n[nH]c(=O)n1CCc1ccccc1)C(=O)Nc1ccccc1-c1ccccc1. The summed E-state index contributed by atoms with van der Waals surface area (Å²) in [7, 11) is 0. The highest BCUT2D eigenvalue weighted by molar-refractivity contribution is 8.00. The van der Waals surface area contributed by atoms with Crippen LogP contribution in [0, 0.1) is 0 Å². The van der Waals surface area contributed by atoms with Crippen LogP contribution < -0.4 is 11.0 Å². The molecule has 32 heavy (non-hydrogen) atoms. The number of hydrogen-bond donors (Lipinski definition) is 2. The number of benzene rings is 3. The molecule has 4 aromatic rings. The average Bonchev–Trinajstić information content (AvgIpc) is 3.18. The Morgan fingerprint density at radius 2 is 1.66 bits per heavy atom. The maximum Gasteiger partial charge on any atom is 0.343 e. The zero-order valence-electron chi connectivity index (χ0n) is 17.7. The lowest BCUT2D eigenvalue weighted by Gasteiger charge is -2.15. The van der Waals surface area contributed by atoms with Gasteiger partial charge in [0, 0.05) is 17.8 Å². The molecule has 0 bridgehead atoms. The van der Waals surface area contributed by atoms with Gasteiger partial charge in [-0.15, -0.1) is 5.10 Å². The summed E-state index contributed by atoms with van der Waals surface area (Å²) in [5.41, 5.74) is 3.61. The summed E-state index contributed by atoms with van der Waals surface area (Å²) in [6, 6.07) is 27.6. The second kappa shape index (κ2) is 10.2. The van der Waals surface area contributed by atoms with Crippen LogP contribution in [0.25, 0.3) is 11.1 Å². The third kappa shape index (κ3) is 5.18. The van der Waals surface area contributed by atoms with Crippen LogP contribution in [0.4, 0.5) is 5.69 Å². The van der Waals surface area contributed by atoms with Gasteiger partial charge in [-0.3, -0.25) is 9.36 Å². The smallest absolute Gasteiger partial charge is 0.325 e. The number of carbonyl (C=O) groups is 1. The zero-order chi connectivity index (χ0) is 22.3. The van der Waals surface area contributed by atoms with Gasteiger partial charge in [0.15, 0.2) is 5.16 Å². The number of aromatic nitrogens is 3. The fourth-order valence-corrected chi connectivity index (χ4v) is 4.27. The number of nitrogens with one attached hydrogen (secondary N) is 2. The highest BCUT2D eigenvalue weighted by atomic mass is 32.2. The fourth-order valence-electron chi connectivity index (χ4n) is 3.38. The molecule has 6 nitrogen and oxygen atoms in total. The second-order valence-corrected chi connectivity index (χ2v) is 8.67. The zero-order valence-corrected chi connectivity index (χ0v) is 18.5. The molecule has 0 aliphatic heterocycles. The van der Waals surface area contributed by atoms with Crippen molar-refractivity contribution >= 4 is 23.4 Å². The minimum absolute atomic E-state index is 0.150. The third-order valence-electron chi connectivity index (χ3n) is 5.11. The number of thioether (sulfide) groups is 1. The van der Waals surface area contributed by atoms with Crippen molar-refractivity contribution in [2.24, 2.45) is 0 Å². The van der Waals surface area contributed by atoms with Crippen molar-refractivity contribution in [2.45, 2.75) is 30.3 Å². The Kier molecular flexibility index (Phi) is 6.87. The average molecular weight is 445 g/mol. The van der Waals surface area contributed by atoms with Crippen molar-refractivity contribution < 1.29 is 4.79 Å². The van der Waals surface area contributed by atoms with Gasteiger partial charge in [-0.1, -0.05) is 90.6 Å². The van der Waals surface area contributed by atoms with Crippen LogP contribution in [0.3, 0.4) is 0 Å². The van der Waals surface area contributed by atoms with E-state index in [9.17, 15) is 9.59 Å². The largest absolute Gasteiger partial charge is 0.343 e. The molecule has 3 aromatic carbocycles. The van der Waals surface area contributed by atoms with Gasteiger partial charge >= 0.3 is 5.69 Å². The monoisotopic (exact) mass is 444 g/mol. The van der Waals surface area contributed by atoms with Crippen LogP contribution in [0.1, 0.15) is 12.5 Å². The van der Waals surface area contributed by atoms with Crippen molar-refractivity contribution in [3.05, 3.63) is 101 Å². The number of aromatic amines is 1. The molecule has 1 unspecified atom stereocenters. The normalized spacial score (nSPS) is 11.8. The van der Waals surface area contributed by atoms with Crippen molar-refractivity contribution in [1.29, 1.82) is 0 Å². The van der Waals surface area contributed by atoms with Gasteiger partial charge < -0.3 is 5.32 Å². The summed E-state index contributed by atoms with van der Waals surface area (Å²) >= 11 is 1.26. The van der Waals surface area contributed by atoms with Crippen LogP contribution in [0.15, 0.2) is 94.9 Å². The molecule has 1 aromatic heterocycles. The van der Waals surface area contributed by atoms with Crippen LogP contribution in [-0.4, -0.2) is 25.9 Å². The van der Waals surface area contributed by atoms with Crippen LogP contribution in [-0.2, 0) is 17.8 Å². The summed E-state index contributed by atoms with van der Waals surface area (Å²) < 4.78 is 1.58. The number of rotatable bonds is 8. The number of anilines is 1. The van der Waals surface area contributed by atoms with Gasteiger partial charge in [0.2, 0.25) is 5.91 Å². The second-order valence-electron chi connectivity index (χ2n) is 7.36. The summed E-state index contributed by atoms with van der Waals surface area (Å²) in [4.78, 5) is 25.2. The molecular weight excluding hydrogens is 420 g/mol. The molecule has 0 saturated carbocycles. The molecule has 0 radical (unpaired) electrons. The number of hydrogen-bond acceptors (Lipinski definition) is 4. The third-order valence-corrected chi connectivity index (χ3v) is 6.20. The first kappa shape index (κ1) is 21.6. The van der Waals surface area contributed by atoms with Gasteiger partial charge in [-0.25, -0.2) is 9.89 Å². The molecule has 7 heteroatoms. The lowest BCUT2D eigenvalue weighted by molar-refractivity contribution is -0.115. The van der Waals surface area contributed by atoms with E-state index in [0.717, 1.165) is 22.4 Å². The quantitative estimate of drug-likeness (QED) is 0.389. The van der Waals surface area contributed by atoms with E-state index in [4.69, 9.17) is 0 Å². The maximum atomic E-state index is 12.9. The van der Waals surface area contributed by atoms with Gasteiger partial charge in [0.05, 0.1) is 5.25 Å². The van der Waals surface area contributed by atoms with Gasteiger partial charge in [0.1, 0.15) is 0 Å². The summed E-state index contributed by atoms with van der Waals surface area (Å²) in [5.74, 6) is -0.150. The van der Waals surface area contributed by atoms with E-state index in [1.54, 1.807) is 4.57 Å². The van der Waals surface area contributed by atoms with E-state index < -0.39 is 5.25 Å². The Hall–Kier alpha value is -3.58. The van der Waals surface area contributed by atoms with E-state index in [0.29, 0.717) is 18.1 Å². The number of para-hydroxylation sites is 1. The molecule has 1 heterocycles. The molecule has 162 valence electrons. The van der Waals surface area contributed by atoms with Gasteiger partial charge in [-0.2, -0.15) is 0 Å². The lowest BCUT2D eigenvalue weighted by atomic mass is 10.0. The van der Waals surface area contributed by atoms with Crippen molar-refractivity contribution in [3.8, 4) is 11.1 Å². The van der Waals surface area contributed by atoms with Gasteiger partial charge in [0.25, 0.3) is 0 Å². The molecule has 0 spiro atoms. The van der Waals surface area contributed by atoms with E-state index >= 15 is 0 Å². The van der Waals surface area contributed by atoms with Crippen molar-refractivity contribution in [2.75, 3.05) is 5.32 Å².